The van der Waals surface area contributed by atoms with Crippen LogP contribution in [0.4, 0.5) is 4.70 Å². The van der Waals surface area contributed by atoms with E-state index in [1.54, 1.807) is 6.08 Å². The largest absolute Gasteiger partial charge is 0.269 e. The van der Waals surface area contributed by atoms with Crippen LogP contribution in [0.25, 0.3) is 0 Å². The first-order valence-electron chi connectivity index (χ1n) is 1.13. The average molecular weight is 96.5 g/mol. The van der Waals surface area contributed by atoms with Gasteiger partial charge in [0.05, 0.1) is 0 Å². The van der Waals surface area contributed by atoms with Crippen molar-refractivity contribution in [1.82, 2.24) is 0 Å². The van der Waals surface area contributed by atoms with E-state index in [4.69, 9.17) is 11.6 Å². The highest BCUT2D eigenvalue weighted by Gasteiger charge is 1.37. The van der Waals surface area contributed by atoms with Crippen LogP contribution in [0.1, 0.15) is 6.92 Å². The Balaban J connectivity index is 0. The third-order valence-electron chi connectivity index (χ3n) is 0.126. The summed E-state index contributed by atoms with van der Waals surface area (Å²) in [6.07, 6.45) is 1.77. The van der Waals surface area contributed by atoms with Crippen LogP contribution in [-0.2, 0) is 0 Å². The van der Waals surface area contributed by atoms with Gasteiger partial charge < -0.3 is 0 Å². The van der Waals surface area contributed by atoms with Gasteiger partial charge in [-0.05, 0) is 12.5 Å². The Bertz CT molecular complexity index is 22.1. The molecule has 0 rings (SSSR count). The van der Waals surface area contributed by atoms with E-state index < -0.39 is 0 Å². The van der Waals surface area contributed by atoms with Crippen molar-refractivity contribution in [3.8, 4) is 0 Å². The Hall–Kier alpha value is -0.0400. The Morgan fingerprint density at radius 2 is 1.80 bits per heavy atom. The third-order valence-corrected chi connectivity index (χ3v) is 0.378. The fourth-order valence-electron chi connectivity index (χ4n) is 0. The van der Waals surface area contributed by atoms with Crippen LogP contribution in [-0.4, -0.2) is 0 Å². The molecular weight excluding hydrogens is 90.5 g/mol. The summed E-state index contributed by atoms with van der Waals surface area (Å²) in [5.41, 5.74) is 1.47. The summed E-state index contributed by atoms with van der Waals surface area (Å²) in [6.45, 7) is 1.87. The SMILES string of the molecule is CC=CCl.F. The zero-order chi connectivity index (χ0) is 3.41. The molecule has 0 saturated heterocycles. The van der Waals surface area contributed by atoms with Crippen LogP contribution in [0, 0.1) is 0 Å². The van der Waals surface area contributed by atoms with Gasteiger partial charge in [0.15, 0.2) is 0 Å². The molecule has 0 atom stereocenters. The summed E-state index contributed by atoms with van der Waals surface area (Å²) in [5, 5.41) is 0. The molecule has 0 aromatic rings. The molecule has 0 aromatic carbocycles. The maximum absolute atomic E-state index is 5.01. The summed E-state index contributed by atoms with van der Waals surface area (Å²) >= 11 is 5.01. The van der Waals surface area contributed by atoms with E-state index in [1.165, 1.54) is 5.54 Å². The quantitative estimate of drug-likeness (QED) is 0.432. The van der Waals surface area contributed by atoms with E-state index in [0.29, 0.717) is 0 Å². The van der Waals surface area contributed by atoms with E-state index in [-0.39, 0.29) is 4.70 Å². The molecule has 0 aliphatic heterocycles. The normalized spacial score (nSPS) is 7.60. The van der Waals surface area contributed by atoms with E-state index in [2.05, 4.69) is 0 Å². The van der Waals surface area contributed by atoms with Gasteiger partial charge in [-0.1, -0.05) is 17.7 Å². The highest BCUT2D eigenvalue weighted by atomic mass is 35.5. The zero-order valence-corrected chi connectivity index (χ0v) is 3.70. The van der Waals surface area contributed by atoms with Gasteiger partial charge in [-0.15, -0.1) is 0 Å². The number of rotatable bonds is 0. The van der Waals surface area contributed by atoms with Crippen LogP contribution >= 0.6 is 11.6 Å². The van der Waals surface area contributed by atoms with Crippen molar-refractivity contribution in [2.45, 2.75) is 6.92 Å². The van der Waals surface area contributed by atoms with Gasteiger partial charge in [-0.25, -0.2) is 0 Å². The predicted octanol–water partition coefficient (Wildman–Crippen LogP) is 1.91. The molecule has 0 heterocycles. The van der Waals surface area contributed by atoms with Gasteiger partial charge in [-0.3, -0.25) is 4.70 Å². The van der Waals surface area contributed by atoms with Crippen LogP contribution in [0.3, 0.4) is 0 Å². The molecule has 0 saturated carbocycles. The molecular formula is C3H6ClF. The molecule has 0 bridgehead atoms. The van der Waals surface area contributed by atoms with Gasteiger partial charge in [0.25, 0.3) is 0 Å². The molecule has 0 aliphatic rings. The van der Waals surface area contributed by atoms with E-state index >= 15 is 0 Å². The number of hydrogen-bond donors (Lipinski definition) is 0. The Labute approximate surface area is 35.8 Å². The Morgan fingerprint density at radius 1 is 1.60 bits per heavy atom. The highest BCUT2D eigenvalue weighted by Crippen LogP contribution is 1.70. The first-order valence-corrected chi connectivity index (χ1v) is 1.57. The van der Waals surface area contributed by atoms with Gasteiger partial charge in [0.2, 0.25) is 0 Å². The number of hydrogen-bond acceptors (Lipinski definition) is 0. The molecule has 0 nitrogen and oxygen atoms in total. The van der Waals surface area contributed by atoms with Crippen LogP contribution in [0.15, 0.2) is 11.6 Å². The molecule has 0 unspecified atom stereocenters. The lowest BCUT2D eigenvalue weighted by Gasteiger charge is -1.46. The van der Waals surface area contributed by atoms with Gasteiger partial charge in [-0.2, -0.15) is 0 Å². The van der Waals surface area contributed by atoms with E-state index in [1.807, 2.05) is 6.92 Å². The van der Waals surface area contributed by atoms with Crippen LogP contribution in [0.5, 0.6) is 0 Å². The first kappa shape index (κ1) is 8.88. The van der Waals surface area contributed by atoms with Gasteiger partial charge in [0.1, 0.15) is 0 Å². The zero-order valence-electron chi connectivity index (χ0n) is 2.94. The molecule has 0 spiro atoms. The second-order valence-corrected chi connectivity index (χ2v) is 0.711. The molecule has 0 aromatic heterocycles. The molecule has 0 N–H and O–H groups in total. The lowest BCUT2D eigenvalue weighted by molar-refractivity contribution is 1.11. The van der Waals surface area contributed by atoms with Crippen LogP contribution in [0.2, 0.25) is 0 Å². The minimum absolute atomic E-state index is 0. The second-order valence-electron chi connectivity index (χ2n) is 0.459. The van der Waals surface area contributed by atoms with Crippen molar-refractivity contribution in [2.24, 2.45) is 0 Å². The van der Waals surface area contributed by atoms with Crippen molar-refractivity contribution in [3.05, 3.63) is 11.6 Å². The standard InChI is InChI=1S/C3H5Cl.FH/c1-2-3-4;/h2-3H,1H3;1H. The average Bonchev–Trinajstić information content (AvgIpc) is 1.37. The number of allylic oxidation sites excluding steroid dienone is 1. The summed E-state index contributed by atoms with van der Waals surface area (Å²) in [7, 11) is 0. The van der Waals surface area contributed by atoms with Crippen molar-refractivity contribution in [1.29, 1.82) is 0 Å². The third kappa shape index (κ3) is 16.5. The van der Waals surface area contributed by atoms with Crippen molar-refractivity contribution < 1.29 is 4.70 Å². The molecule has 0 amide bonds. The van der Waals surface area contributed by atoms with Gasteiger partial charge >= 0.3 is 0 Å². The Kier molecular flexibility index (Phi) is 16.0. The maximum atomic E-state index is 5.01. The molecule has 0 aliphatic carbocycles. The van der Waals surface area contributed by atoms with Crippen molar-refractivity contribution in [3.63, 3.8) is 0 Å². The van der Waals surface area contributed by atoms with Crippen LogP contribution < -0.4 is 0 Å². The molecule has 0 fully saturated rings. The minimum Gasteiger partial charge on any atom is -0.269 e. The molecule has 32 valence electrons. The lowest BCUT2D eigenvalue weighted by atomic mass is 10.8. The second kappa shape index (κ2) is 9.03. The summed E-state index contributed by atoms with van der Waals surface area (Å²) in [4.78, 5) is 0. The van der Waals surface area contributed by atoms with Crippen molar-refractivity contribution >= 4 is 11.6 Å². The van der Waals surface area contributed by atoms with Crippen molar-refractivity contribution in [2.75, 3.05) is 0 Å². The lowest BCUT2D eigenvalue weighted by Crippen LogP contribution is -1.20. The smallest absolute Gasteiger partial charge is 0.0000330 e. The molecule has 2 heteroatoms. The fraction of sp³-hybridized carbons (Fsp3) is 0.333. The van der Waals surface area contributed by atoms with E-state index in [0.717, 1.165) is 0 Å². The van der Waals surface area contributed by atoms with Gasteiger partial charge in [0, 0.05) is 0 Å². The molecule has 0 radical (unpaired) electrons. The predicted molar refractivity (Wildman–Crippen MR) is 23.2 cm³/mol. The first-order chi connectivity index (χ1) is 1.91. The summed E-state index contributed by atoms with van der Waals surface area (Å²) in [6, 6.07) is 0. The summed E-state index contributed by atoms with van der Waals surface area (Å²) < 4.78 is 0. The maximum Gasteiger partial charge on any atom is -0.0000330 e. The number of halogens is 2. The topological polar surface area (TPSA) is 0 Å². The fourth-order valence-corrected chi connectivity index (χ4v) is 0. The molecule has 5 heavy (non-hydrogen) atoms. The highest BCUT2D eigenvalue weighted by molar-refractivity contribution is 6.25. The minimum atomic E-state index is 0. The van der Waals surface area contributed by atoms with E-state index in [9.17, 15) is 0 Å². The summed E-state index contributed by atoms with van der Waals surface area (Å²) in [5.74, 6) is 0. The monoisotopic (exact) mass is 96.0 g/mol. The Morgan fingerprint density at radius 3 is 1.80 bits per heavy atom.